The maximum Gasteiger partial charge on any atom is 0.226 e. The fraction of sp³-hybridized carbons (Fsp3) is 0.565. The van der Waals surface area contributed by atoms with E-state index in [1.165, 1.54) is 73.6 Å². The van der Waals surface area contributed by atoms with Gasteiger partial charge in [0.1, 0.15) is 0 Å². The molecule has 0 aliphatic heterocycles. The Kier molecular flexibility index (Phi) is 9.33. The van der Waals surface area contributed by atoms with Gasteiger partial charge < -0.3 is 5.32 Å². The van der Waals surface area contributed by atoms with Gasteiger partial charge in [0.25, 0.3) is 0 Å². The number of amides is 1. The van der Waals surface area contributed by atoms with E-state index < -0.39 is 0 Å². The van der Waals surface area contributed by atoms with Gasteiger partial charge in [-0.15, -0.1) is 10.2 Å². The summed E-state index contributed by atoms with van der Waals surface area (Å²) in [7, 11) is 0. The van der Waals surface area contributed by atoms with E-state index in [0.29, 0.717) is 27.6 Å². The van der Waals surface area contributed by atoms with E-state index in [4.69, 9.17) is 0 Å². The molecule has 0 saturated heterocycles. The Bertz CT molecular complexity index is 814. The molecule has 1 saturated carbocycles. The monoisotopic (exact) mass is 445 g/mol. The molecule has 1 fully saturated rings. The molecule has 3 rings (SSSR count). The van der Waals surface area contributed by atoms with Crippen LogP contribution in [0.4, 0.5) is 5.13 Å². The summed E-state index contributed by atoms with van der Waals surface area (Å²) in [6, 6.07) is 7.94. The third kappa shape index (κ3) is 7.51. The first-order chi connectivity index (χ1) is 14.6. The summed E-state index contributed by atoms with van der Waals surface area (Å²) < 4.78 is 0.700. The first kappa shape index (κ1) is 22.9. The van der Waals surface area contributed by atoms with Gasteiger partial charge in [-0.05, 0) is 30.7 Å². The number of benzene rings is 1. The van der Waals surface area contributed by atoms with E-state index in [9.17, 15) is 9.59 Å². The standard InChI is InChI=1S/C23H31N3O2S2/c1-2-3-4-7-18-10-13-19(14-11-18)20(27)16-29-23-26-25-22(30-23)24-21(28)15-12-17-8-5-6-9-17/h10-11,13-14,17H,2-9,12,15-16H2,1H3,(H,24,25,28). The minimum Gasteiger partial charge on any atom is -0.301 e. The van der Waals surface area contributed by atoms with E-state index in [-0.39, 0.29) is 11.7 Å². The average molecular weight is 446 g/mol. The topological polar surface area (TPSA) is 72.0 Å². The quantitative estimate of drug-likeness (QED) is 0.183. The van der Waals surface area contributed by atoms with Crippen LogP contribution in [0.15, 0.2) is 28.6 Å². The second-order valence-corrected chi connectivity index (χ2v) is 10.2. The van der Waals surface area contributed by atoms with Gasteiger partial charge in [-0.3, -0.25) is 9.59 Å². The number of carbonyl (C=O) groups is 2. The number of nitrogens with one attached hydrogen (secondary N) is 1. The molecule has 1 aromatic carbocycles. The third-order valence-electron chi connectivity index (χ3n) is 5.58. The number of anilines is 1. The Morgan fingerprint density at radius 3 is 2.63 bits per heavy atom. The van der Waals surface area contributed by atoms with Crippen molar-refractivity contribution in [2.24, 2.45) is 5.92 Å². The summed E-state index contributed by atoms with van der Waals surface area (Å²) in [6.45, 7) is 2.20. The molecule has 5 nitrogen and oxygen atoms in total. The highest BCUT2D eigenvalue weighted by molar-refractivity contribution is 8.01. The first-order valence-electron chi connectivity index (χ1n) is 11.0. The number of rotatable bonds is 12. The first-order valence-corrected chi connectivity index (χ1v) is 12.8. The van der Waals surface area contributed by atoms with Gasteiger partial charge in [0.05, 0.1) is 5.75 Å². The van der Waals surface area contributed by atoms with Crippen molar-refractivity contribution in [3.63, 3.8) is 0 Å². The summed E-state index contributed by atoms with van der Waals surface area (Å²) in [4.78, 5) is 24.6. The zero-order chi connectivity index (χ0) is 21.2. The zero-order valence-corrected chi connectivity index (χ0v) is 19.3. The Morgan fingerprint density at radius 2 is 1.90 bits per heavy atom. The van der Waals surface area contributed by atoms with Gasteiger partial charge in [-0.2, -0.15) is 0 Å². The van der Waals surface area contributed by atoms with Crippen LogP contribution in [0, 0.1) is 5.92 Å². The Labute approximate surface area is 187 Å². The van der Waals surface area contributed by atoms with Gasteiger partial charge in [-0.1, -0.05) is 92.8 Å². The number of aryl methyl sites for hydroxylation is 1. The molecule has 0 radical (unpaired) electrons. The van der Waals surface area contributed by atoms with Crippen LogP contribution < -0.4 is 5.32 Å². The largest absolute Gasteiger partial charge is 0.301 e. The number of hydrogen-bond donors (Lipinski definition) is 1. The predicted molar refractivity (Wildman–Crippen MR) is 124 cm³/mol. The number of aromatic nitrogens is 2. The average Bonchev–Trinajstić information content (AvgIpc) is 3.43. The van der Waals surface area contributed by atoms with E-state index in [1.54, 1.807) is 0 Å². The van der Waals surface area contributed by atoms with Gasteiger partial charge in [0.15, 0.2) is 10.1 Å². The molecule has 0 unspecified atom stereocenters. The summed E-state index contributed by atoms with van der Waals surface area (Å²) in [5.74, 6) is 1.11. The fourth-order valence-electron chi connectivity index (χ4n) is 3.78. The number of thioether (sulfide) groups is 1. The van der Waals surface area contributed by atoms with E-state index in [0.717, 1.165) is 18.4 Å². The molecule has 1 N–H and O–H groups in total. The minimum atomic E-state index is 0.00435. The Morgan fingerprint density at radius 1 is 1.13 bits per heavy atom. The lowest BCUT2D eigenvalue weighted by atomic mass is 10.0. The van der Waals surface area contributed by atoms with Crippen LogP contribution in [0.2, 0.25) is 0 Å². The number of carbonyl (C=O) groups excluding carboxylic acids is 2. The van der Waals surface area contributed by atoms with Crippen molar-refractivity contribution in [1.82, 2.24) is 10.2 Å². The zero-order valence-electron chi connectivity index (χ0n) is 17.7. The molecule has 1 heterocycles. The highest BCUT2D eigenvalue weighted by atomic mass is 32.2. The van der Waals surface area contributed by atoms with Gasteiger partial charge >= 0.3 is 0 Å². The molecular formula is C23H31N3O2S2. The van der Waals surface area contributed by atoms with Crippen molar-refractivity contribution in [1.29, 1.82) is 0 Å². The van der Waals surface area contributed by atoms with Gasteiger partial charge in [0.2, 0.25) is 11.0 Å². The minimum absolute atomic E-state index is 0.00435. The van der Waals surface area contributed by atoms with Gasteiger partial charge in [-0.25, -0.2) is 0 Å². The molecule has 0 bridgehead atoms. The molecule has 30 heavy (non-hydrogen) atoms. The molecule has 0 atom stereocenters. The lowest BCUT2D eigenvalue weighted by molar-refractivity contribution is -0.116. The maximum absolute atomic E-state index is 12.5. The Balaban J connectivity index is 1.39. The lowest BCUT2D eigenvalue weighted by Gasteiger charge is -2.07. The molecule has 162 valence electrons. The third-order valence-corrected chi connectivity index (χ3v) is 7.55. The number of hydrogen-bond acceptors (Lipinski definition) is 6. The molecule has 2 aromatic rings. The van der Waals surface area contributed by atoms with Crippen LogP contribution in [-0.2, 0) is 11.2 Å². The van der Waals surface area contributed by atoms with E-state index in [1.807, 2.05) is 12.1 Å². The van der Waals surface area contributed by atoms with Gasteiger partial charge in [0, 0.05) is 12.0 Å². The number of nitrogens with zero attached hydrogens (tertiary/aromatic N) is 2. The lowest BCUT2D eigenvalue weighted by Crippen LogP contribution is -2.12. The molecule has 1 aliphatic carbocycles. The molecule has 1 aromatic heterocycles. The van der Waals surface area contributed by atoms with Crippen molar-refractivity contribution >= 4 is 39.9 Å². The summed E-state index contributed by atoms with van der Waals surface area (Å²) >= 11 is 2.70. The normalized spacial score (nSPS) is 14.2. The molecule has 7 heteroatoms. The smallest absolute Gasteiger partial charge is 0.226 e. The predicted octanol–water partition coefficient (Wildman–Crippen LogP) is 6.15. The number of Topliss-reactive ketones (excluding diaryl/α,β-unsaturated/α-hetero) is 1. The highest BCUT2D eigenvalue weighted by Crippen LogP contribution is 2.29. The molecule has 0 spiro atoms. The highest BCUT2D eigenvalue weighted by Gasteiger charge is 2.17. The molecular weight excluding hydrogens is 414 g/mol. The summed E-state index contributed by atoms with van der Waals surface area (Å²) in [5.41, 5.74) is 2.01. The van der Waals surface area contributed by atoms with Crippen LogP contribution >= 0.6 is 23.1 Å². The van der Waals surface area contributed by atoms with Crippen LogP contribution in [0.5, 0.6) is 0 Å². The summed E-state index contributed by atoms with van der Waals surface area (Å²) in [5, 5.41) is 11.5. The summed E-state index contributed by atoms with van der Waals surface area (Å²) in [6.07, 6.45) is 11.3. The van der Waals surface area contributed by atoms with Crippen LogP contribution in [-0.4, -0.2) is 27.6 Å². The molecule has 1 amide bonds. The van der Waals surface area contributed by atoms with Crippen molar-refractivity contribution in [2.45, 2.75) is 75.5 Å². The fourth-order valence-corrected chi connectivity index (χ4v) is 5.44. The van der Waals surface area contributed by atoms with Crippen LogP contribution in [0.1, 0.15) is 80.6 Å². The second-order valence-electron chi connectivity index (χ2n) is 7.98. The number of ketones is 1. The van der Waals surface area contributed by atoms with E-state index >= 15 is 0 Å². The van der Waals surface area contributed by atoms with Crippen LogP contribution in [0.25, 0.3) is 0 Å². The van der Waals surface area contributed by atoms with Crippen molar-refractivity contribution in [2.75, 3.05) is 11.1 Å². The van der Waals surface area contributed by atoms with E-state index in [2.05, 4.69) is 34.6 Å². The molecule has 1 aliphatic rings. The Hall–Kier alpha value is -1.73. The van der Waals surface area contributed by atoms with Crippen molar-refractivity contribution < 1.29 is 9.59 Å². The SMILES string of the molecule is CCCCCc1ccc(C(=O)CSc2nnc(NC(=O)CCC3CCCC3)s2)cc1. The maximum atomic E-state index is 12.5. The second kappa shape index (κ2) is 12.2. The van der Waals surface area contributed by atoms with Crippen molar-refractivity contribution in [3.8, 4) is 0 Å². The van der Waals surface area contributed by atoms with Crippen LogP contribution in [0.3, 0.4) is 0 Å². The van der Waals surface area contributed by atoms with Crippen molar-refractivity contribution in [3.05, 3.63) is 35.4 Å². The number of unbranched alkanes of at least 4 members (excludes halogenated alkanes) is 2.